The quantitative estimate of drug-likeness (QED) is 0.784. The summed E-state index contributed by atoms with van der Waals surface area (Å²) in [5.74, 6) is 0. The smallest absolute Gasteiger partial charge is 0.410 e. The molecular formula is C13H18ClN3O2S. The molecule has 1 aliphatic rings. The molecule has 0 aliphatic carbocycles. The van der Waals surface area contributed by atoms with E-state index >= 15 is 0 Å². The molecule has 0 aromatic carbocycles. The lowest BCUT2D eigenvalue weighted by Crippen LogP contribution is -2.35. The van der Waals surface area contributed by atoms with E-state index in [4.69, 9.17) is 16.3 Å². The number of halogens is 1. The Bertz CT molecular complexity index is 493. The van der Waals surface area contributed by atoms with E-state index in [9.17, 15) is 4.79 Å². The van der Waals surface area contributed by atoms with Gasteiger partial charge >= 0.3 is 6.09 Å². The number of likely N-dealkylation sites (tertiary alicyclic amines) is 1. The van der Waals surface area contributed by atoms with Crippen LogP contribution in [0.2, 0.25) is 5.15 Å². The number of nitrogens with zero attached hydrogens (tertiary/aromatic N) is 3. The second kappa shape index (κ2) is 6.18. The lowest BCUT2D eigenvalue weighted by molar-refractivity contribution is 0.0295. The van der Waals surface area contributed by atoms with Crippen molar-refractivity contribution in [3.8, 4) is 0 Å². The number of carbonyl (C=O) groups excluding carboxylic acids is 1. The molecule has 0 unspecified atom stereocenters. The van der Waals surface area contributed by atoms with Crippen LogP contribution in [0.3, 0.4) is 0 Å². The van der Waals surface area contributed by atoms with Gasteiger partial charge in [0.1, 0.15) is 22.1 Å². The number of hydrogen-bond donors (Lipinski definition) is 0. The van der Waals surface area contributed by atoms with Gasteiger partial charge in [0.2, 0.25) is 0 Å². The Morgan fingerprint density at radius 1 is 1.50 bits per heavy atom. The Kier molecular flexibility index (Phi) is 4.75. The molecule has 0 bridgehead atoms. The number of amides is 1. The monoisotopic (exact) mass is 315 g/mol. The van der Waals surface area contributed by atoms with Crippen LogP contribution in [0.5, 0.6) is 0 Å². The summed E-state index contributed by atoms with van der Waals surface area (Å²) >= 11 is 7.45. The summed E-state index contributed by atoms with van der Waals surface area (Å²) < 4.78 is 5.37. The van der Waals surface area contributed by atoms with Crippen LogP contribution >= 0.6 is 23.4 Å². The standard InChI is InChI=1S/C13H18ClN3O2S/c1-13(2,3)19-12(18)17-5-4-9(7-17)20-11-6-10(14)15-8-16-11/h6,8-9H,4-5,7H2,1-3H3/t9-/m0/s1. The number of aromatic nitrogens is 2. The lowest BCUT2D eigenvalue weighted by atomic mass is 10.2. The SMILES string of the molecule is CC(C)(C)OC(=O)N1CC[C@H](Sc2cc(Cl)ncn2)C1. The topological polar surface area (TPSA) is 55.3 Å². The lowest BCUT2D eigenvalue weighted by Gasteiger charge is -2.24. The first-order valence-electron chi connectivity index (χ1n) is 6.45. The predicted octanol–water partition coefficient (Wildman–Crippen LogP) is 3.23. The molecule has 1 fully saturated rings. The summed E-state index contributed by atoms with van der Waals surface area (Å²) in [5.41, 5.74) is -0.456. The number of ether oxygens (including phenoxy) is 1. The van der Waals surface area contributed by atoms with Crippen molar-refractivity contribution >= 4 is 29.5 Å². The summed E-state index contributed by atoms with van der Waals surface area (Å²) in [6, 6.07) is 1.74. The van der Waals surface area contributed by atoms with Crippen molar-refractivity contribution in [2.75, 3.05) is 13.1 Å². The summed E-state index contributed by atoms with van der Waals surface area (Å²) in [4.78, 5) is 21.7. The average molecular weight is 316 g/mol. The highest BCUT2D eigenvalue weighted by Gasteiger charge is 2.30. The van der Waals surface area contributed by atoms with Gasteiger partial charge in [-0.25, -0.2) is 14.8 Å². The number of hydrogen-bond acceptors (Lipinski definition) is 5. The summed E-state index contributed by atoms with van der Waals surface area (Å²) in [6.45, 7) is 6.99. The van der Waals surface area contributed by atoms with Crippen molar-refractivity contribution in [3.05, 3.63) is 17.5 Å². The van der Waals surface area contributed by atoms with Gasteiger partial charge in [0, 0.05) is 24.4 Å². The van der Waals surface area contributed by atoms with Crippen LogP contribution in [0.4, 0.5) is 4.79 Å². The van der Waals surface area contributed by atoms with Gasteiger partial charge in [-0.1, -0.05) is 11.6 Å². The number of rotatable bonds is 2. The molecule has 1 amide bonds. The van der Waals surface area contributed by atoms with Crippen LogP contribution in [0.25, 0.3) is 0 Å². The Labute approximate surface area is 128 Å². The molecular weight excluding hydrogens is 298 g/mol. The van der Waals surface area contributed by atoms with Crippen LogP contribution in [0, 0.1) is 0 Å². The molecule has 2 rings (SSSR count). The van der Waals surface area contributed by atoms with Gasteiger partial charge in [-0.15, -0.1) is 11.8 Å². The molecule has 1 atom stereocenters. The molecule has 0 radical (unpaired) electrons. The normalized spacial score (nSPS) is 19.2. The molecule has 0 spiro atoms. The third-order valence-electron chi connectivity index (χ3n) is 2.69. The summed E-state index contributed by atoms with van der Waals surface area (Å²) in [5, 5.41) is 1.58. The van der Waals surface area contributed by atoms with Crippen molar-refractivity contribution in [1.82, 2.24) is 14.9 Å². The van der Waals surface area contributed by atoms with Gasteiger partial charge < -0.3 is 9.64 Å². The molecule has 1 saturated heterocycles. The van der Waals surface area contributed by atoms with Crippen LogP contribution in [-0.4, -0.2) is 44.9 Å². The van der Waals surface area contributed by atoms with Crippen molar-refractivity contribution in [2.45, 2.75) is 43.1 Å². The summed E-state index contributed by atoms with van der Waals surface area (Å²) in [7, 11) is 0. The maximum Gasteiger partial charge on any atom is 0.410 e. The molecule has 110 valence electrons. The Hall–Kier alpha value is -1.01. The molecule has 0 saturated carbocycles. The van der Waals surface area contributed by atoms with E-state index in [0.29, 0.717) is 23.5 Å². The second-order valence-electron chi connectivity index (χ2n) is 5.63. The highest BCUT2D eigenvalue weighted by molar-refractivity contribution is 7.99. The average Bonchev–Trinajstić information content (AvgIpc) is 2.75. The van der Waals surface area contributed by atoms with Crippen LogP contribution in [0.1, 0.15) is 27.2 Å². The van der Waals surface area contributed by atoms with E-state index in [1.807, 2.05) is 20.8 Å². The molecule has 1 aromatic rings. The zero-order valence-electron chi connectivity index (χ0n) is 11.8. The van der Waals surface area contributed by atoms with Crippen molar-refractivity contribution in [1.29, 1.82) is 0 Å². The first-order valence-corrected chi connectivity index (χ1v) is 7.71. The minimum Gasteiger partial charge on any atom is -0.444 e. The van der Waals surface area contributed by atoms with Crippen LogP contribution in [0.15, 0.2) is 17.4 Å². The molecule has 1 aliphatic heterocycles. The largest absolute Gasteiger partial charge is 0.444 e. The van der Waals surface area contributed by atoms with Gasteiger partial charge in [0.25, 0.3) is 0 Å². The van der Waals surface area contributed by atoms with Gasteiger partial charge in [-0.3, -0.25) is 0 Å². The maximum absolute atomic E-state index is 12.0. The molecule has 0 N–H and O–H groups in total. The fourth-order valence-corrected chi connectivity index (χ4v) is 3.19. The van der Waals surface area contributed by atoms with Gasteiger partial charge in [-0.05, 0) is 27.2 Å². The molecule has 1 aromatic heterocycles. The first-order chi connectivity index (χ1) is 9.33. The van der Waals surface area contributed by atoms with Crippen LogP contribution < -0.4 is 0 Å². The van der Waals surface area contributed by atoms with Gasteiger partial charge in [-0.2, -0.15) is 0 Å². The Balaban J connectivity index is 1.88. The Morgan fingerprint density at radius 2 is 2.25 bits per heavy atom. The predicted molar refractivity (Wildman–Crippen MR) is 79.1 cm³/mol. The number of thioether (sulfide) groups is 1. The fourth-order valence-electron chi connectivity index (χ4n) is 1.87. The fraction of sp³-hybridized carbons (Fsp3) is 0.615. The van der Waals surface area contributed by atoms with E-state index in [2.05, 4.69) is 9.97 Å². The minimum absolute atomic E-state index is 0.249. The second-order valence-corrected chi connectivity index (χ2v) is 7.34. The van der Waals surface area contributed by atoms with Crippen LogP contribution in [-0.2, 0) is 4.74 Å². The van der Waals surface area contributed by atoms with E-state index in [1.165, 1.54) is 6.33 Å². The third kappa shape index (κ3) is 4.52. The van der Waals surface area contributed by atoms with E-state index in [1.54, 1.807) is 22.7 Å². The molecule has 2 heterocycles. The van der Waals surface area contributed by atoms with Crippen molar-refractivity contribution < 1.29 is 9.53 Å². The van der Waals surface area contributed by atoms with Crippen molar-refractivity contribution in [3.63, 3.8) is 0 Å². The first kappa shape index (κ1) is 15.4. The Morgan fingerprint density at radius 3 is 2.90 bits per heavy atom. The molecule has 5 nitrogen and oxygen atoms in total. The third-order valence-corrected chi connectivity index (χ3v) is 4.08. The minimum atomic E-state index is -0.456. The van der Waals surface area contributed by atoms with Gasteiger partial charge in [0.15, 0.2) is 0 Å². The van der Waals surface area contributed by atoms with Gasteiger partial charge in [0.05, 0.1) is 0 Å². The van der Waals surface area contributed by atoms with E-state index < -0.39 is 5.60 Å². The van der Waals surface area contributed by atoms with E-state index in [0.717, 1.165) is 11.4 Å². The maximum atomic E-state index is 12.0. The highest BCUT2D eigenvalue weighted by atomic mass is 35.5. The zero-order valence-corrected chi connectivity index (χ0v) is 13.4. The van der Waals surface area contributed by atoms with Crippen molar-refractivity contribution in [2.24, 2.45) is 0 Å². The zero-order chi connectivity index (χ0) is 14.8. The molecule has 7 heteroatoms. The number of carbonyl (C=O) groups is 1. The summed E-state index contributed by atoms with van der Waals surface area (Å²) in [6.07, 6.45) is 2.12. The molecule has 20 heavy (non-hydrogen) atoms. The van der Waals surface area contributed by atoms with E-state index in [-0.39, 0.29) is 6.09 Å². The highest BCUT2D eigenvalue weighted by Crippen LogP contribution is 2.29.